The Bertz CT molecular complexity index is 2110. The van der Waals surface area contributed by atoms with Gasteiger partial charge in [0.1, 0.15) is 48.8 Å². The maximum absolute atomic E-state index is 13.4. The second kappa shape index (κ2) is 71.8. The number of rotatable bonds is 72. The van der Waals surface area contributed by atoms with Crippen molar-refractivity contribution >= 4 is 5.91 Å². The Hall–Kier alpha value is -3.09. The number of nitrogens with one attached hydrogen (secondary N) is 1. The number of carbonyl (C=O) groups excluding carboxylic acids is 1. The van der Waals surface area contributed by atoms with Gasteiger partial charge in [-0.15, -0.1) is 0 Å². The molecule has 598 valence electrons. The van der Waals surface area contributed by atoms with Crippen LogP contribution in [0.5, 0.6) is 0 Å². The first kappa shape index (κ1) is 96.0. The zero-order valence-corrected chi connectivity index (χ0v) is 65.8. The van der Waals surface area contributed by atoms with E-state index in [0.29, 0.717) is 6.42 Å². The zero-order valence-electron chi connectivity index (χ0n) is 65.8. The number of ether oxygens (including phenoxy) is 4. The largest absolute Gasteiger partial charge is 0.394 e. The van der Waals surface area contributed by atoms with E-state index in [-0.39, 0.29) is 18.9 Å². The molecule has 12 unspecified atom stereocenters. The van der Waals surface area contributed by atoms with Crippen LogP contribution in [0, 0.1) is 0 Å². The van der Waals surface area contributed by atoms with Crippen molar-refractivity contribution in [3.63, 3.8) is 0 Å². The first-order valence-corrected chi connectivity index (χ1v) is 43.0. The van der Waals surface area contributed by atoms with E-state index in [4.69, 9.17) is 18.9 Å². The lowest BCUT2D eigenvalue weighted by atomic mass is 9.97. The number of aliphatic hydroxyl groups is 8. The zero-order chi connectivity index (χ0) is 74.4. The molecule has 2 saturated heterocycles. The number of allylic oxidation sites excluding steroid dienone is 15. The van der Waals surface area contributed by atoms with Gasteiger partial charge in [-0.2, -0.15) is 0 Å². The van der Waals surface area contributed by atoms with Crippen molar-refractivity contribution in [2.24, 2.45) is 0 Å². The van der Waals surface area contributed by atoms with E-state index < -0.39 is 86.8 Å². The topological polar surface area (TPSA) is 228 Å². The Morgan fingerprint density at radius 2 is 0.670 bits per heavy atom. The maximum Gasteiger partial charge on any atom is 0.220 e. The minimum atomic E-state index is -1.79. The molecule has 103 heavy (non-hydrogen) atoms. The number of amides is 1. The molecular formula is C89H159NO13. The molecule has 0 aromatic rings. The van der Waals surface area contributed by atoms with Crippen LogP contribution in [0.1, 0.15) is 367 Å². The van der Waals surface area contributed by atoms with Crippen LogP contribution in [-0.4, -0.2) is 140 Å². The van der Waals surface area contributed by atoms with Crippen LogP contribution >= 0.6 is 0 Å². The molecule has 0 aromatic carbocycles. The summed E-state index contributed by atoms with van der Waals surface area (Å²) in [5.74, 6) is -0.235. The van der Waals surface area contributed by atoms with Gasteiger partial charge in [-0.1, -0.05) is 381 Å². The third-order valence-electron chi connectivity index (χ3n) is 20.5. The molecule has 0 spiro atoms. The van der Waals surface area contributed by atoms with E-state index in [1.54, 1.807) is 6.08 Å². The average Bonchev–Trinajstić information content (AvgIpc) is 0.791. The lowest BCUT2D eigenvalue weighted by Crippen LogP contribution is -2.65. The third kappa shape index (κ3) is 54.2. The molecule has 2 rings (SSSR count). The number of aliphatic hydroxyl groups excluding tert-OH is 8. The molecule has 0 radical (unpaired) electrons. The molecule has 12 atom stereocenters. The van der Waals surface area contributed by atoms with E-state index in [2.05, 4.69) is 104 Å². The second-order valence-electron chi connectivity index (χ2n) is 29.9. The van der Waals surface area contributed by atoms with Gasteiger partial charge < -0.3 is 65.1 Å². The molecule has 2 aliphatic heterocycles. The molecule has 9 N–H and O–H groups in total. The van der Waals surface area contributed by atoms with Gasteiger partial charge in [0.15, 0.2) is 12.6 Å². The summed E-state index contributed by atoms with van der Waals surface area (Å²) in [7, 11) is 0. The van der Waals surface area contributed by atoms with Crippen molar-refractivity contribution in [1.82, 2.24) is 5.32 Å². The fourth-order valence-electron chi connectivity index (χ4n) is 13.8. The van der Waals surface area contributed by atoms with E-state index in [0.717, 1.165) is 83.5 Å². The number of carbonyl (C=O) groups is 1. The molecule has 0 saturated carbocycles. The quantitative estimate of drug-likeness (QED) is 0.0204. The minimum absolute atomic E-state index is 0.235. The Morgan fingerprint density at radius 1 is 0.359 bits per heavy atom. The normalized spacial score (nSPS) is 22.0. The monoisotopic (exact) mass is 1450 g/mol. The predicted octanol–water partition coefficient (Wildman–Crippen LogP) is 20.4. The van der Waals surface area contributed by atoms with Crippen LogP contribution < -0.4 is 5.32 Å². The van der Waals surface area contributed by atoms with Crippen LogP contribution in [0.15, 0.2) is 97.2 Å². The lowest BCUT2D eigenvalue weighted by molar-refractivity contribution is -0.359. The second-order valence-corrected chi connectivity index (χ2v) is 29.9. The van der Waals surface area contributed by atoms with Crippen LogP contribution in [0.4, 0.5) is 0 Å². The van der Waals surface area contributed by atoms with Gasteiger partial charge in [0.25, 0.3) is 0 Å². The highest BCUT2D eigenvalue weighted by Gasteiger charge is 2.51. The van der Waals surface area contributed by atoms with E-state index in [1.807, 2.05) is 6.08 Å². The molecular weight excluding hydrogens is 1290 g/mol. The average molecular weight is 1450 g/mol. The summed E-state index contributed by atoms with van der Waals surface area (Å²) in [6, 6.07) is -0.920. The van der Waals surface area contributed by atoms with Gasteiger partial charge in [-0.3, -0.25) is 4.79 Å². The highest BCUT2D eigenvalue weighted by atomic mass is 16.7. The van der Waals surface area contributed by atoms with E-state index in [9.17, 15) is 45.6 Å². The number of hydrogen-bond acceptors (Lipinski definition) is 13. The van der Waals surface area contributed by atoms with Gasteiger partial charge in [0, 0.05) is 6.42 Å². The molecule has 2 heterocycles. The SMILES string of the molecule is CC/C=C\C/C=C\C/C=C\C/C=C\C/C=C\C/C=C\C/C=C\CCCCCCCCCCCCCCCCCCCCCC(=O)NC(COC1OC(CO)C(OC2OC(CO)C(O)C(O)C2O)C(O)C1O)C(O)/C=C/CCCCCCCCCCCCCCCCCCCCCCCCCCCC. The Kier molecular flexibility index (Phi) is 66.9. The molecule has 14 heteroatoms. The molecule has 2 fully saturated rings. The number of hydrogen-bond donors (Lipinski definition) is 9. The first-order chi connectivity index (χ1) is 50.6. The highest BCUT2D eigenvalue weighted by Crippen LogP contribution is 2.30. The molecule has 0 aromatic heterocycles. The Labute approximate surface area is 630 Å². The van der Waals surface area contributed by atoms with E-state index in [1.165, 1.54) is 257 Å². The maximum atomic E-state index is 13.4. The summed E-state index contributed by atoms with van der Waals surface area (Å²) in [5.41, 5.74) is 0. The fourth-order valence-corrected chi connectivity index (χ4v) is 13.8. The van der Waals surface area contributed by atoms with Gasteiger partial charge >= 0.3 is 0 Å². The smallest absolute Gasteiger partial charge is 0.220 e. The number of unbranched alkanes of at least 4 members (excludes halogenated alkanes) is 45. The molecule has 14 nitrogen and oxygen atoms in total. The van der Waals surface area contributed by atoms with Crippen molar-refractivity contribution in [3.05, 3.63) is 97.2 Å². The van der Waals surface area contributed by atoms with E-state index >= 15 is 0 Å². The van der Waals surface area contributed by atoms with Crippen LogP contribution in [0.25, 0.3) is 0 Å². The Balaban J connectivity index is 1.58. The summed E-state index contributed by atoms with van der Waals surface area (Å²) < 4.78 is 22.9. The van der Waals surface area contributed by atoms with Gasteiger partial charge in [-0.25, -0.2) is 0 Å². The third-order valence-corrected chi connectivity index (χ3v) is 20.5. The predicted molar refractivity (Wildman–Crippen MR) is 429 cm³/mol. The molecule has 0 aliphatic carbocycles. The van der Waals surface area contributed by atoms with Crippen molar-refractivity contribution < 1.29 is 64.6 Å². The fraction of sp³-hybridized carbons (Fsp3) is 0.809. The van der Waals surface area contributed by atoms with Crippen LogP contribution in [0.2, 0.25) is 0 Å². The van der Waals surface area contributed by atoms with Crippen LogP contribution in [-0.2, 0) is 23.7 Å². The first-order valence-electron chi connectivity index (χ1n) is 43.0. The minimum Gasteiger partial charge on any atom is -0.394 e. The van der Waals surface area contributed by atoms with Crippen LogP contribution in [0.3, 0.4) is 0 Å². The van der Waals surface area contributed by atoms with Gasteiger partial charge in [0.2, 0.25) is 5.91 Å². The van der Waals surface area contributed by atoms with Crippen molar-refractivity contribution in [2.45, 2.75) is 441 Å². The highest BCUT2D eigenvalue weighted by molar-refractivity contribution is 5.76. The molecule has 1 amide bonds. The summed E-state index contributed by atoms with van der Waals surface area (Å²) in [5, 5.41) is 87.8. The van der Waals surface area contributed by atoms with Crippen molar-refractivity contribution in [2.75, 3.05) is 19.8 Å². The molecule has 0 bridgehead atoms. The van der Waals surface area contributed by atoms with Crippen molar-refractivity contribution in [1.29, 1.82) is 0 Å². The summed E-state index contributed by atoms with van der Waals surface area (Å²) in [4.78, 5) is 13.4. The lowest BCUT2D eigenvalue weighted by Gasteiger charge is -2.46. The van der Waals surface area contributed by atoms with Crippen molar-refractivity contribution in [3.8, 4) is 0 Å². The Morgan fingerprint density at radius 3 is 1.03 bits per heavy atom. The summed E-state index contributed by atoms with van der Waals surface area (Å²) in [6.07, 6.45) is 86.4. The summed E-state index contributed by atoms with van der Waals surface area (Å²) in [6.45, 7) is 2.74. The molecule has 2 aliphatic rings. The summed E-state index contributed by atoms with van der Waals surface area (Å²) >= 11 is 0. The standard InChI is InChI=1S/C89H159NO13/c1-3-5-7-9-11-13-15-17-19-21-23-25-27-29-31-33-34-35-36-37-38-39-40-41-42-43-44-45-47-49-51-53-55-57-59-61-63-65-67-69-71-73-81(94)90-77(76-100-88-86(99)84(97)87(80(75-92)102-88)103-89-85(98)83(96)82(95)79(74-91)101-89)78(93)72-70-68-66-64-62-60-58-56-54-52-50-48-46-32-30-28-26-24-22-20-18-16-14-12-10-8-6-4-2/h5,7,11,13,17,19,23,25,29,31,34-35,37-38,70,72,77-80,82-89,91-93,95-99H,3-4,6,8-10,12,14-16,18,20-22,24,26-28,30,32-33,36,39-69,71,73-76H2,1-2H3,(H,90,94)/b7-5-,13-11-,19-17-,25-23-,31-29-,35-34-,38-37-,72-70+. The van der Waals surface area contributed by atoms with Gasteiger partial charge in [-0.05, 0) is 77.0 Å². The van der Waals surface area contributed by atoms with Gasteiger partial charge in [0.05, 0.1) is 32.0 Å².